The van der Waals surface area contributed by atoms with Gasteiger partial charge in [0.25, 0.3) is 12.7 Å². The summed E-state index contributed by atoms with van der Waals surface area (Å²) in [6.07, 6.45) is 10.7. The Kier molecular flexibility index (Phi) is 10.1. The molecule has 4 aromatic heterocycles. The Morgan fingerprint density at radius 2 is 0.812 bits per heavy atom. The number of para-hydroxylation sites is 4. The molecule has 0 saturated heterocycles. The smallest absolute Gasteiger partial charge is 0.269 e. The molecule has 10 aromatic rings. The largest absolute Gasteiger partial charge is 0.458 e. The summed E-state index contributed by atoms with van der Waals surface area (Å²) in [6, 6.07) is 57.7. The van der Waals surface area contributed by atoms with Crippen molar-refractivity contribution in [3.63, 3.8) is 0 Å². The molecule has 0 unspecified atom stereocenters. The molecular weight excluding hydrogens is 789 g/mol. The molecule has 0 aliphatic heterocycles. The fraction of sp³-hybridized carbons (Fsp3) is 0.143. The first-order chi connectivity index (χ1) is 30.9. The molecule has 314 valence electrons. The van der Waals surface area contributed by atoms with E-state index >= 15 is 0 Å². The highest BCUT2D eigenvalue weighted by Crippen LogP contribution is 2.31. The van der Waals surface area contributed by atoms with Crippen LogP contribution in [-0.4, -0.2) is 19.1 Å². The maximum absolute atomic E-state index is 6.47. The second kappa shape index (κ2) is 16.1. The maximum Gasteiger partial charge on any atom is 0.269 e. The highest BCUT2D eigenvalue weighted by molar-refractivity contribution is 5.75. The topological polar surface area (TPSA) is 61.9 Å². The lowest BCUT2D eigenvalue weighted by atomic mass is 9.87. The van der Waals surface area contributed by atoms with E-state index in [1.165, 1.54) is 11.1 Å². The van der Waals surface area contributed by atoms with Crippen molar-refractivity contribution in [1.82, 2.24) is 19.1 Å². The van der Waals surface area contributed by atoms with Crippen molar-refractivity contribution < 1.29 is 18.6 Å². The van der Waals surface area contributed by atoms with E-state index < -0.39 is 0 Å². The van der Waals surface area contributed by atoms with Crippen LogP contribution in [0.25, 0.3) is 56.2 Å². The number of pyridine rings is 2. The quantitative estimate of drug-likeness (QED) is 0.107. The third-order valence-electron chi connectivity index (χ3n) is 11.5. The molecule has 0 aliphatic rings. The van der Waals surface area contributed by atoms with Crippen LogP contribution in [0.5, 0.6) is 23.0 Å². The van der Waals surface area contributed by atoms with Gasteiger partial charge < -0.3 is 9.47 Å². The summed E-state index contributed by atoms with van der Waals surface area (Å²) in [5.74, 6) is 2.64. The van der Waals surface area contributed by atoms with Gasteiger partial charge in [-0.15, -0.1) is 0 Å². The van der Waals surface area contributed by atoms with Gasteiger partial charge >= 0.3 is 0 Å². The standard InChI is InChI=1S/C56H48N6O2/c1-55(2,3)39-21-25-41(26-22-39)59-37-61(53-19-9-7-17-51(53)59)43-13-11-15-45(33-43)63-47-29-31-57-49(35-47)50-36-48(30-32-58-50)64-46-16-12-14-44(34-46)62-38-60(52-18-8-10-20-54(52)62)42-27-23-40(24-28-42)56(4,5)6/h7-36H,1-6H3. The average Bonchev–Trinajstić information content (AvgIpc) is 3.89. The molecule has 64 heavy (non-hydrogen) atoms. The van der Waals surface area contributed by atoms with E-state index in [4.69, 9.17) is 9.47 Å². The minimum Gasteiger partial charge on any atom is -0.458 e. The van der Waals surface area contributed by atoms with Crippen LogP contribution in [0.4, 0.5) is 0 Å². The summed E-state index contributed by atoms with van der Waals surface area (Å²) in [5.41, 5.74) is 12.2. The Balaban J connectivity index is 0.884. The van der Waals surface area contributed by atoms with Gasteiger partial charge in [-0.3, -0.25) is 28.2 Å². The van der Waals surface area contributed by atoms with E-state index in [0.717, 1.165) is 44.8 Å². The number of hydrogen-bond acceptors (Lipinski definition) is 4. The van der Waals surface area contributed by atoms with E-state index in [1.54, 1.807) is 12.4 Å². The molecule has 6 aromatic carbocycles. The fourth-order valence-electron chi connectivity index (χ4n) is 7.98. The highest BCUT2D eigenvalue weighted by Gasteiger charge is 2.18. The molecule has 0 saturated carbocycles. The Bertz CT molecular complexity index is 3070. The monoisotopic (exact) mass is 836 g/mol. The van der Waals surface area contributed by atoms with Crippen molar-refractivity contribution in [1.29, 1.82) is 0 Å². The summed E-state index contributed by atoms with van der Waals surface area (Å²) in [4.78, 5) is 9.31. The number of nitrogens with zero attached hydrogens (tertiary/aromatic N) is 6. The summed E-state index contributed by atoms with van der Waals surface area (Å²) in [6.45, 7) is 13.4. The lowest BCUT2D eigenvalue weighted by molar-refractivity contribution is -0.572. The second-order valence-electron chi connectivity index (χ2n) is 18.1. The minimum absolute atomic E-state index is 0.0742. The van der Waals surface area contributed by atoms with E-state index in [-0.39, 0.29) is 10.8 Å². The third-order valence-corrected chi connectivity index (χ3v) is 11.5. The van der Waals surface area contributed by atoms with Crippen LogP contribution in [0.3, 0.4) is 0 Å². The highest BCUT2D eigenvalue weighted by atomic mass is 16.5. The van der Waals surface area contributed by atoms with Gasteiger partial charge in [-0.25, -0.2) is 0 Å². The number of rotatable bonds is 9. The van der Waals surface area contributed by atoms with Crippen molar-refractivity contribution in [3.05, 3.63) is 206 Å². The van der Waals surface area contributed by atoms with Crippen molar-refractivity contribution in [2.45, 2.75) is 52.4 Å². The average molecular weight is 837 g/mol. The first kappa shape index (κ1) is 40.2. The number of fused-ring (bicyclic) bond motifs is 2. The van der Waals surface area contributed by atoms with Crippen LogP contribution in [0, 0.1) is 12.7 Å². The summed E-state index contributed by atoms with van der Waals surface area (Å²) in [7, 11) is 0. The second-order valence-corrected chi connectivity index (χ2v) is 18.1. The zero-order valence-corrected chi connectivity index (χ0v) is 36.8. The normalized spacial score (nSPS) is 11.9. The first-order valence-electron chi connectivity index (χ1n) is 21.6. The molecule has 0 atom stereocenters. The van der Waals surface area contributed by atoms with Gasteiger partial charge in [-0.1, -0.05) is 126 Å². The predicted molar refractivity (Wildman–Crippen MR) is 252 cm³/mol. The number of ether oxygens (including phenoxy) is 2. The van der Waals surface area contributed by atoms with Gasteiger partial charge in [0.2, 0.25) is 0 Å². The van der Waals surface area contributed by atoms with Crippen LogP contribution in [0.15, 0.2) is 182 Å². The number of hydrogen-bond donors (Lipinski definition) is 0. The van der Waals surface area contributed by atoms with E-state index in [2.05, 4.69) is 192 Å². The molecular formula is C56H48N6O2. The SMILES string of the molecule is CC(C)(C)c1ccc(-n2[c-][n+](-c3cccc(Oc4ccnc(-c5cc(Oc6cccc(-[n+]7[c-]n(-c8ccc(C(C)(C)C)cc8)c8ccccc87)c6)ccn5)c4)c3)c3ccccc32)cc1. The zero-order valence-electron chi connectivity index (χ0n) is 36.8. The Labute approximate surface area is 373 Å². The molecule has 4 heterocycles. The van der Waals surface area contributed by atoms with Crippen LogP contribution in [-0.2, 0) is 10.8 Å². The lowest BCUT2D eigenvalue weighted by Crippen LogP contribution is -2.29. The van der Waals surface area contributed by atoms with Crippen molar-refractivity contribution in [2.24, 2.45) is 0 Å². The van der Waals surface area contributed by atoms with E-state index in [9.17, 15) is 0 Å². The van der Waals surface area contributed by atoms with Gasteiger partial charge in [-0.2, -0.15) is 0 Å². The third kappa shape index (κ3) is 8.02. The maximum atomic E-state index is 6.47. The van der Waals surface area contributed by atoms with Crippen molar-refractivity contribution >= 4 is 22.1 Å². The lowest BCUT2D eigenvalue weighted by Gasteiger charge is -2.19. The molecule has 0 fully saturated rings. The molecule has 8 nitrogen and oxygen atoms in total. The molecule has 8 heteroatoms. The molecule has 0 bridgehead atoms. The van der Waals surface area contributed by atoms with Gasteiger partial charge in [0.1, 0.15) is 23.0 Å². The Hall–Kier alpha value is -7.84. The Morgan fingerprint density at radius 3 is 1.22 bits per heavy atom. The molecule has 0 N–H and O–H groups in total. The first-order valence-corrected chi connectivity index (χ1v) is 21.6. The summed E-state index contributed by atoms with van der Waals surface area (Å²) >= 11 is 0. The van der Waals surface area contributed by atoms with Crippen LogP contribution >= 0.6 is 0 Å². The van der Waals surface area contributed by atoms with Crippen molar-refractivity contribution in [3.8, 4) is 57.1 Å². The number of imidazole rings is 2. The van der Waals surface area contributed by atoms with Gasteiger partial charge in [0, 0.05) is 24.5 Å². The molecule has 10 rings (SSSR count). The zero-order chi connectivity index (χ0) is 44.0. The van der Waals surface area contributed by atoms with Crippen LogP contribution in [0.2, 0.25) is 0 Å². The van der Waals surface area contributed by atoms with Crippen LogP contribution in [0.1, 0.15) is 52.7 Å². The molecule has 0 amide bonds. The van der Waals surface area contributed by atoms with Gasteiger partial charge in [0.05, 0.1) is 56.2 Å². The number of benzene rings is 6. The van der Waals surface area contributed by atoms with Gasteiger partial charge in [-0.05, 0) is 94.8 Å². The molecule has 0 spiro atoms. The fourth-order valence-corrected chi connectivity index (χ4v) is 7.98. The van der Waals surface area contributed by atoms with Crippen LogP contribution < -0.4 is 18.6 Å². The van der Waals surface area contributed by atoms with E-state index in [1.807, 2.05) is 60.7 Å². The van der Waals surface area contributed by atoms with Crippen molar-refractivity contribution in [2.75, 3.05) is 0 Å². The Morgan fingerprint density at radius 1 is 0.422 bits per heavy atom. The molecule has 0 aliphatic carbocycles. The number of aromatic nitrogens is 6. The minimum atomic E-state index is 0.0742. The van der Waals surface area contributed by atoms with Gasteiger partial charge in [0.15, 0.2) is 0 Å². The predicted octanol–water partition coefficient (Wildman–Crippen LogP) is 12.4. The summed E-state index contributed by atoms with van der Waals surface area (Å²) in [5, 5.41) is 0. The molecule has 0 radical (unpaired) electrons. The summed E-state index contributed by atoms with van der Waals surface area (Å²) < 4.78 is 21.3. The van der Waals surface area contributed by atoms with E-state index in [0.29, 0.717) is 34.4 Å².